The van der Waals surface area contributed by atoms with E-state index in [4.69, 9.17) is 17.0 Å². The maximum Gasteiger partial charge on any atom is 0.225 e. The SMILES string of the molecule is COC1(CNC(=O)Cc2sc(=S)[nH]c2C)CCC1. The van der Waals surface area contributed by atoms with Crippen LogP contribution >= 0.6 is 23.6 Å². The molecule has 0 aliphatic heterocycles. The molecule has 4 nitrogen and oxygen atoms in total. The lowest BCUT2D eigenvalue weighted by atomic mass is 9.80. The van der Waals surface area contributed by atoms with Crippen LogP contribution in [0.25, 0.3) is 0 Å². The molecule has 0 atom stereocenters. The maximum atomic E-state index is 11.9. The van der Waals surface area contributed by atoms with Gasteiger partial charge in [0.25, 0.3) is 0 Å². The number of aromatic nitrogens is 1. The summed E-state index contributed by atoms with van der Waals surface area (Å²) in [5.41, 5.74) is 0.875. The van der Waals surface area contributed by atoms with Gasteiger partial charge in [-0.2, -0.15) is 0 Å². The van der Waals surface area contributed by atoms with Crippen molar-refractivity contribution in [3.63, 3.8) is 0 Å². The molecule has 1 amide bonds. The van der Waals surface area contributed by atoms with Gasteiger partial charge in [0.1, 0.15) is 0 Å². The van der Waals surface area contributed by atoms with Crippen LogP contribution in [0.15, 0.2) is 0 Å². The van der Waals surface area contributed by atoms with Gasteiger partial charge in [0.2, 0.25) is 5.91 Å². The van der Waals surface area contributed by atoms with E-state index in [9.17, 15) is 4.79 Å². The van der Waals surface area contributed by atoms with Crippen molar-refractivity contribution in [2.24, 2.45) is 0 Å². The summed E-state index contributed by atoms with van der Waals surface area (Å²) in [5, 5.41) is 2.96. The minimum atomic E-state index is -0.116. The van der Waals surface area contributed by atoms with Gasteiger partial charge in [-0.15, -0.1) is 11.3 Å². The molecule has 1 aliphatic rings. The average Bonchev–Trinajstić information content (AvgIpc) is 2.56. The Labute approximate surface area is 116 Å². The molecule has 0 spiro atoms. The number of rotatable bonds is 5. The molecule has 100 valence electrons. The van der Waals surface area contributed by atoms with Crippen molar-refractivity contribution in [1.82, 2.24) is 10.3 Å². The zero-order valence-electron chi connectivity index (χ0n) is 10.7. The number of hydrogen-bond donors (Lipinski definition) is 2. The number of amides is 1. The number of hydrogen-bond acceptors (Lipinski definition) is 4. The fraction of sp³-hybridized carbons (Fsp3) is 0.667. The molecule has 1 aromatic rings. The molecule has 0 aromatic carbocycles. The van der Waals surface area contributed by atoms with E-state index in [0.29, 0.717) is 13.0 Å². The third kappa shape index (κ3) is 2.99. The molecular weight excluding hydrogens is 268 g/mol. The van der Waals surface area contributed by atoms with Gasteiger partial charge in [0.15, 0.2) is 3.95 Å². The van der Waals surface area contributed by atoms with Crippen LogP contribution < -0.4 is 5.32 Å². The zero-order chi connectivity index (χ0) is 13.2. The summed E-state index contributed by atoms with van der Waals surface area (Å²) in [4.78, 5) is 15.9. The minimum Gasteiger partial charge on any atom is -0.376 e. The second-order valence-electron chi connectivity index (χ2n) is 4.76. The van der Waals surface area contributed by atoms with Crippen LogP contribution in [0, 0.1) is 10.9 Å². The summed E-state index contributed by atoms with van der Waals surface area (Å²) in [7, 11) is 1.72. The molecule has 0 radical (unpaired) electrons. The highest BCUT2D eigenvalue weighted by Gasteiger charge is 2.37. The number of H-pyrrole nitrogens is 1. The van der Waals surface area contributed by atoms with Gasteiger partial charge in [-0.05, 0) is 38.4 Å². The molecule has 0 bridgehead atoms. The lowest BCUT2D eigenvalue weighted by molar-refractivity contribution is -0.124. The van der Waals surface area contributed by atoms with E-state index in [0.717, 1.165) is 27.4 Å². The molecule has 1 aliphatic carbocycles. The third-order valence-electron chi connectivity index (χ3n) is 3.55. The van der Waals surface area contributed by atoms with Crippen molar-refractivity contribution in [1.29, 1.82) is 0 Å². The van der Waals surface area contributed by atoms with E-state index in [-0.39, 0.29) is 11.5 Å². The number of carbonyl (C=O) groups excluding carboxylic acids is 1. The Bertz CT molecular complexity index is 483. The van der Waals surface area contributed by atoms with Crippen molar-refractivity contribution < 1.29 is 9.53 Å². The van der Waals surface area contributed by atoms with Crippen molar-refractivity contribution in [2.75, 3.05) is 13.7 Å². The second kappa shape index (κ2) is 5.50. The Morgan fingerprint density at radius 1 is 1.61 bits per heavy atom. The van der Waals surface area contributed by atoms with Gasteiger partial charge in [0, 0.05) is 24.2 Å². The first-order valence-electron chi connectivity index (χ1n) is 6.05. The minimum absolute atomic E-state index is 0.0340. The predicted octanol–water partition coefficient (Wildman–Crippen LogP) is 2.34. The maximum absolute atomic E-state index is 11.9. The molecule has 1 aromatic heterocycles. The summed E-state index contributed by atoms with van der Waals surface area (Å²) >= 11 is 6.52. The highest BCUT2D eigenvalue weighted by Crippen LogP contribution is 2.34. The Kier molecular flexibility index (Phi) is 4.19. The predicted molar refractivity (Wildman–Crippen MR) is 74.5 cm³/mol. The van der Waals surface area contributed by atoms with E-state index in [1.807, 2.05) is 6.92 Å². The Morgan fingerprint density at radius 3 is 2.78 bits per heavy atom. The van der Waals surface area contributed by atoms with E-state index in [2.05, 4.69) is 10.3 Å². The normalized spacial score (nSPS) is 17.2. The number of thiazole rings is 1. The van der Waals surface area contributed by atoms with E-state index in [1.54, 1.807) is 7.11 Å². The van der Waals surface area contributed by atoms with Crippen LogP contribution in [0.2, 0.25) is 0 Å². The van der Waals surface area contributed by atoms with Crippen LogP contribution in [0.4, 0.5) is 0 Å². The summed E-state index contributed by atoms with van der Waals surface area (Å²) < 4.78 is 6.19. The molecule has 18 heavy (non-hydrogen) atoms. The Morgan fingerprint density at radius 2 is 2.33 bits per heavy atom. The highest BCUT2D eigenvalue weighted by molar-refractivity contribution is 7.73. The summed E-state index contributed by atoms with van der Waals surface area (Å²) in [6.07, 6.45) is 3.64. The zero-order valence-corrected chi connectivity index (χ0v) is 12.3. The standard InChI is InChI=1S/C12H18N2O2S2/c1-8-9(18-11(17)14-8)6-10(15)13-7-12(16-2)4-3-5-12/h3-7H2,1-2H3,(H,13,15)(H,14,17). The Balaban J connectivity index is 1.85. The lowest BCUT2D eigenvalue weighted by Gasteiger charge is -2.40. The van der Waals surface area contributed by atoms with Crippen LogP contribution in [0.3, 0.4) is 0 Å². The van der Waals surface area contributed by atoms with Crippen molar-refractivity contribution >= 4 is 29.5 Å². The number of carbonyl (C=O) groups is 1. The molecule has 2 rings (SSSR count). The molecule has 6 heteroatoms. The van der Waals surface area contributed by atoms with Crippen LogP contribution in [0.5, 0.6) is 0 Å². The first kappa shape index (κ1) is 13.7. The Hall–Kier alpha value is -0.720. The topological polar surface area (TPSA) is 54.1 Å². The molecule has 1 saturated carbocycles. The van der Waals surface area contributed by atoms with Gasteiger partial charge in [-0.25, -0.2) is 0 Å². The van der Waals surface area contributed by atoms with Gasteiger partial charge < -0.3 is 15.0 Å². The van der Waals surface area contributed by atoms with Crippen molar-refractivity contribution in [3.8, 4) is 0 Å². The molecule has 2 N–H and O–H groups in total. The smallest absolute Gasteiger partial charge is 0.225 e. The first-order valence-corrected chi connectivity index (χ1v) is 7.27. The van der Waals surface area contributed by atoms with Gasteiger partial charge in [-0.3, -0.25) is 4.79 Å². The number of methoxy groups -OCH3 is 1. The van der Waals surface area contributed by atoms with Gasteiger partial charge in [0.05, 0.1) is 12.0 Å². The van der Waals surface area contributed by atoms with E-state index in [1.165, 1.54) is 17.8 Å². The quantitative estimate of drug-likeness (QED) is 0.817. The highest BCUT2D eigenvalue weighted by atomic mass is 32.1. The lowest BCUT2D eigenvalue weighted by Crippen LogP contribution is -2.49. The van der Waals surface area contributed by atoms with Gasteiger partial charge >= 0.3 is 0 Å². The number of ether oxygens (including phenoxy) is 1. The van der Waals surface area contributed by atoms with Gasteiger partial charge in [-0.1, -0.05) is 0 Å². The van der Waals surface area contributed by atoms with Crippen LogP contribution in [-0.2, 0) is 16.0 Å². The third-order valence-corrected chi connectivity index (χ3v) is 4.89. The molecular formula is C12H18N2O2S2. The molecule has 0 unspecified atom stereocenters. The first-order chi connectivity index (χ1) is 8.54. The number of nitrogens with one attached hydrogen (secondary N) is 2. The largest absolute Gasteiger partial charge is 0.376 e. The second-order valence-corrected chi connectivity index (χ2v) is 6.53. The van der Waals surface area contributed by atoms with Crippen LogP contribution in [0.1, 0.15) is 29.8 Å². The molecule has 1 fully saturated rings. The van der Waals surface area contributed by atoms with Crippen LogP contribution in [-0.4, -0.2) is 30.1 Å². The fourth-order valence-corrected chi connectivity index (χ4v) is 3.39. The number of aryl methyl sites for hydroxylation is 1. The average molecular weight is 286 g/mol. The molecule has 1 heterocycles. The number of aromatic amines is 1. The monoisotopic (exact) mass is 286 g/mol. The fourth-order valence-electron chi connectivity index (χ4n) is 2.10. The molecule has 0 saturated heterocycles. The van der Waals surface area contributed by atoms with Crippen molar-refractivity contribution in [2.45, 2.75) is 38.2 Å². The summed E-state index contributed by atoms with van der Waals surface area (Å²) in [6.45, 7) is 2.55. The van der Waals surface area contributed by atoms with Crippen molar-refractivity contribution in [3.05, 3.63) is 14.5 Å². The van der Waals surface area contributed by atoms with E-state index < -0.39 is 0 Å². The summed E-state index contributed by atoms with van der Waals surface area (Å²) in [5.74, 6) is 0.0340. The summed E-state index contributed by atoms with van der Waals surface area (Å²) in [6, 6.07) is 0. The van der Waals surface area contributed by atoms with E-state index >= 15 is 0 Å².